The van der Waals surface area contributed by atoms with Gasteiger partial charge in [-0.25, -0.2) is 8.42 Å². The van der Waals surface area contributed by atoms with E-state index in [4.69, 9.17) is 9.47 Å². The summed E-state index contributed by atoms with van der Waals surface area (Å²) in [4.78, 5) is 12.1. The zero-order valence-corrected chi connectivity index (χ0v) is 13.6. The molecule has 0 unspecified atom stereocenters. The van der Waals surface area contributed by atoms with E-state index in [1.807, 2.05) is 0 Å². The third kappa shape index (κ3) is 4.46. The van der Waals surface area contributed by atoms with E-state index >= 15 is 0 Å². The number of carbonyl (C=O) groups excluding carboxylic acids is 1. The zero-order chi connectivity index (χ0) is 16.9. The number of methoxy groups -OCH3 is 1. The standard InChI is InChI=1S/C16H17NO5S/c1-21-13-8-4-5-9-14(13)22-11-16(18)17-12-7-3-6-10-15(12)23(2,19)20/h3-10H,11H2,1-2H3,(H,17,18). The molecule has 0 atom stereocenters. The maximum absolute atomic E-state index is 12.0. The van der Waals surface area contributed by atoms with E-state index in [0.717, 1.165) is 6.26 Å². The van der Waals surface area contributed by atoms with Gasteiger partial charge in [-0.1, -0.05) is 24.3 Å². The van der Waals surface area contributed by atoms with Crippen molar-refractivity contribution < 1.29 is 22.7 Å². The van der Waals surface area contributed by atoms with E-state index in [2.05, 4.69) is 5.32 Å². The minimum atomic E-state index is -3.43. The monoisotopic (exact) mass is 335 g/mol. The smallest absolute Gasteiger partial charge is 0.262 e. The molecule has 0 saturated carbocycles. The molecule has 2 aromatic rings. The molecule has 0 bridgehead atoms. The van der Waals surface area contributed by atoms with E-state index in [9.17, 15) is 13.2 Å². The van der Waals surface area contributed by atoms with Crippen molar-refractivity contribution in [2.45, 2.75) is 4.90 Å². The second-order valence-electron chi connectivity index (χ2n) is 4.76. The van der Waals surface area contributed by atoms with Gasteiger partial charge in [0.15, 0.2) is 27.9 Å². The van der Waals surface area contributed by atoms with Crippen LogP contribution in [0.5, 0.6) is 11.5 Å². The molecule has 23 heavy (non-hydrogen) atoms. The van der Waals surface area contributed by atoms with Gasteiger partial charge in [-0.15, -0.1) is 0 Å². The molecule has 6 nitrogen and oxygen atoms in total. The van der Waals surface area contributed by atoms with Crippen LogP contribution in [0.15, 0.2) is 53.4 Å². The van der Waals surface area contributed by atoms with E-state index < -0.39 is 15.7 Å². The van der Waals surface area contributed by atoms with Crippen LogP contribution < -0.4 is 14.8 Å². The van der Waals surface area contributed by atoms with E-state index in [1.54, 1.807) is 36.4 Å². The van der Waals surface area contributed by atoms with Crippen LogP contribution in [0.2, 0.25) is 0 Å². The van der Waals surface area contributed by atoms with Gasteiger partial charge in [-0.2, -0.15) is 0 Å². The molecule has 0 aromatic heterocycles. The number of amides is 1. The maximum Gasteiger partial charge on any atom is 0.262 e. The number of carbonyl (C=O) groups is 1. The highest BCUT2D eigenvalue weighted by molar-refractivity contribution is 7.90. The quantitative estimate of drug-likeness (QED) is 0.874. The summed E-state index contributed by atoms with van der Waals surface area (Å²) in [6.45, 7) is -0.265. The molecular weight excluding hydrogens is 318 g/mol. The molecule has 0 fully saturated rings. The van der Waals surface area contributed by atoms with Gasteiger partial charge in [-0.05, 0) is 24.3 Å². The third-order valence-electron chi connectivity index (χ3n) is 2.99. The average molecular weight is 335 g/mol. The molecule has 0 radical (unpaired) electrons. The highest BCUT2D eigenvalue weighted by Gasteiger charge is 2.15. The van der Waals surface area contributed by atoms with Crippen molar-refractivity contribution in [2.24, 2.45) is 0 Å². The van der Waals surface area contributed by atoms with Gasteiger partial charge >= 0.3 is 0 Å². The molecule has 0 aliphatic carbocycles. The predicted molar refractivity (Wildman–Crippen MR) is 86.7 cm³/mol. The summed E-state index contributed by atoms with van der Waals surface area (Å²) < 4.78 is 33.9. The summed E-state index contributed by atoms with van der Waals surface area (Å²) in [5, 5.41) is 2.54. The average Bonchev–Trinajstić information content (AvgIpc) is 2.52. The summed E-state index contributed by atoms with van der Waals surface area (Å²) >= 11 is 0. The van der Waals surface area contributed by atoms with Gasteiger partial charge < -0.3 is 14.8 Å². The Balaban J connectivity index is 2.07. The number of para-hydroxylation sites is 3. The summed E-state index contributed by atoms with van der Waals surface area (Å²) in [7, 11) is -1.93. The molecule has 122 valence electrons. The second kappa shape index (κ2) is 7.15. The first kappa shape index (κ1) is 16.8. The third-order valence-corrected chi connectivity index (χ3v) is 4.14. The molecule has 0 aliphatic heterocycles. The van der Waals surface area contributed by atoms with Crippen molar-refractivity contribution in [3.05, 3.63) is 48.5 Å². The van der Waals surface area contributed by atoms with Crippen molar-refractivity contribution in [3.8, 4) is 11.5 Å². The fraction of sp³-hybridized carbons (Fsp3) is 0.188. The fourth-order valence-electron chi connectivity index (χ4n) is 1.96. The molecule has 0 saturated heterocycles. The molecule has 2 rings (SSSR count). The Morgan fingerprint density at radius 3 is 2.30 bits per heavy atom. The van der Waals surface area contributed by atoms with Crippen LogP contribution in [0.4, 0.5) is 5.69 Å². The van der Waals surface area contributed by atoms with Gasteiger partial charge in [0.2, 0.25) is 0 Å². The number of hydrogen-bond acceptors (Lipinski definition) is 5. The Kier molecular flexibility index (Phi) is 5.23. The Morgan fingerprint density at radius 2 is 1.65 bits per heavy atom. The number of ether oxygens (including phenoxy) is 2. The largest absolute Gasteiger partial charge is 0.493 e. The summed E-state index contributed by atoms with van der Waals surface area (Å²) in [5.74, 6) is 0.477. The molecule has 0 aliphatic rings. The van der Waals surface area contributed by atoms with E-state index in [1.165, 1.54) is 19.2 Å². The van der Waals surface area contributed by atoms with Crippen LogP contribution in [0.25, 0.3) is 0 Å². The van der Waals surface area contributed by atoms with E-state index in [0.29, 0.717) is 11.5 Å². The predicted octanol–water partition coefficient (Wildman–Crippen LogP) is 2.12. The van der Waals surface area contributed by atoms with Crippen LogP contribution in [0, 0.1) is 0 Å². The Bertz CT molecular complexity index is 802. The number of anilines is 1. The molecular formula is C16H17NO5S. The Morgan fingerprint density at radius 1 is 1.04 bits per heavy atom. The Hall–Kier alpha value is -2.54. The van der Waals surface area contributed by atoms with Crippen LogP contribution in [-0.4, -0.2) is 34.3 Å². The lowest BCUT2D eigenvalue weighted by Crippen LogP contribution is -2.21. The summed E-state index contributed by atoms with van der Waals surface area (Å²) in [6, 6.07) is 13.1. The van der Waals surface area contributed by atoms with Crippen molar-refractivity contribution in [3.63, 3.8) is 0 Å². The van der Waals surface area contributed by atoms with Crippen LogP contribution in [0.3, 0.4) is 0 Å². The molecule has 0 spiro atoms. The van der Waals surface area contributed by atoms with Crippen molar-refractivity contribution >= 4 is 21.4 Å². The number of sulfone groups is 1. The minimum Gasteiger partial charge on any atom is -0.493 e. The van der Waals surface area contributed by atoms with Gasteiger partial charge in [0.1, 0.15) is 0 Å². The van der Waals surface area contributed by atoms with Gasteiger partial charge in [-0.3, -0.25) is 4.79 Å². The molecule has 1 amide bonds. The molecule has 1 N–H and O–H groups in total. The van der Waals surface area contributed by atoms with Gasteiger partial charge in [0.05, 0.1) is 17.7 Å². The lowest BCUT2D eigenvalue weighted by Gasteiger charge is -2.12. The first-order valence-corrected chi connectivity index (χ1v) is 8.65. The second-order valence-corrected chi connectivity index (χ2v) is 6.74. The number of rotatable bonds is 6. The van der Waals surface area contributed by atoms with Gasteiger partial charge in [0.25, 0.3) is 5.91 Å². The lowest BCUT2D eigenvalue weighted by molar-refractivity contribution is -0.118. The van der Waals surface area contributed by atoms with Crippen LogP contribution in [0.1, 0.15) is 0 Å². The number of nitrogens with one attached hydrogen (secondary N) is 1. The zero-order valence-electron chi connectivity index (χ0n) is 12.8. The molecule has 2 aromatic carbocycles. The summed E-state index contributed by atoms with van der Waals surface area (Å²) in [5.41, 5.74) is 0.226. The van der Waals surface area contributed by atoms with Crippen LogP contribution >= 0.6 is 0 Å². The van der Waals surface area contributed by atoms with Crippen molar-refractivity contribution in [1.29, 1.82) is 0 Å². The lowest BCUT2D eigenvalue weighted by atomic mass is 10.3. The fourth-order valence-corrected chi connectivity index (χ4v) is 2.81. The normalized spacial score (nSPS) is 10.9. The maximum atomic E-state index is 12.0. The van der Waals surface area contributed by atoms with E-state index in [-0.39, 0.29) is 17.2 Å². The molecule has 7 heteroatoms. The minimum absolute atomic E-state index is 0.0608. The topological polar surface area (TPSA) is 81.7 Å². The van der Waals surface area contributed by atoms with Crippen molar-refractivity contribution in [1.82, 2.24) is 0 Å². The summed E-state index contributed by atoms with van der Waals surface area (Å²) in [6.07, 6.45) is 1.09. The first-order chi connectivity index (χ1) is 10.9. The highest BCUT2D eigenvalue weighted by Crippen LogP contribution is 2.26. The number of hydrogen-bond donors (Lipinski definition) is 1. The van der Waals surface area contributed by atoms with Crippen LogP contribution in [-0.2, 0) is 14.6 Å². The number of benzene rings is 2. The SMILES string of the molecule is COc1ccccc1OCC(=O)Nc1ccccc1S(C)(=O)=O. The molecule has 0 heterocycles. The Labute approximate surface area is 135 Å². The van der Waals surface area contributed by atoms with Gasteiger partial charge in [0, 0.05) is 6.26 Å². The van der Waals surface area contributed by atoms with Crippen molar-refractivity contribution in [2.75, 3.05) is 25.3 Å². The first-order valence-electron chi connectivity index (χ1n) is 6.76. The highest BCUT2D eigenvalue weighted by atomic mass is 32.2.